The van der Waals surface area contributed by atoms with Crippen molar-refractivity contribution in [1.82, 2.24) is 5.32 Å². The molecule has 0 aromatic heterocycles. The van der Waals surface area contributed by atoms with Gasteiger partial charge in [-0.1, -0.05) is 23.2 Å². The molecular weight excluding hydrogens is 277 g/mol. The third kappa shape index (κ3) is 4.46. The first-order valence-electron chi connectivity index (χ1n) is 5.44. The Kier molecular flexibility index (Phi) is 6.43. The lowest BCUT2D eigenvalue weighted by Crippen LogP contribution is -2.38. The Bertz CT molecular complexity index is 406. The molecule has 0 saturated heterocycles. The van der Waals surface area contributed by atoms with Gasteiger partial charge in [0.25, 0.3) is 5.91 Å². The highest BCUT2D eigenvalue weighted by molar-refractivity contribution is 6.35. The lowest BCUT2D eigenvalue weighted by Gasteiger charge is -2.17. The number of nitrogens with one attached hydrogen (secondary N) is 1. The van der Waals surface area contributed by atoms with Gasteiger partial charge in [0.15, 0.2) is 0 Å². The second-order valence-electron chi connectivity index (χ2n) is 3.76. The van der Waals surface area contributed by atoms with Gasteiger partial charge in [-0.2, -0.15) is 0 Å². The van der Waals surface area contributed by atoms with Crippen LogP contribution in [0.5, 0.6) is 0 Å². The van der Waals surface area contributed by atoms with E-state index in [2.05, 4.69) is 5.32 Å². The molecule has 1 aromatic carbocycles. The van der Waals surface area contributed by atoms with E-state index in [1.807, 2.05) is 0 Å². The van der Waals surface area contributed by atoms with Gasteiger partial charge in [0.2, 0.25) is 0 Å². The average molecular weight is 292 g/mol. The smallest absolute Gasteiger partial charge is 0.253 e. The van der Waals surface area contributed by atoms with Gasteiger partial charge in [0, 0.05) is 18.7 Å². The van der Waals surface area contributed by atoms with E-state index in [1.54, 1.807) is 12.1 Å². The number of rotatable bonds is 6. The van der Waals surface area contributed by atoms with Crippen LogP contribution in [-0.2, 0) is 4.74 Å². The Hall–Kier alpha value is -0.810. The van der Waals surface area contributed by atoms with Gasteiger partial charge in [0.1, 0.15) is 0 Å². The number of methoxy groups -OCH3 is 1. The minimum Gasteiger partial charge on any atom is -0.396 e. The molecule has 0 aliphatic heterocycles. The summed E-state index contributed by atoms with van der Waals surface area (Å²) in [6, 6.07) is 4.42. The maximum Gasteiger partial charge on any atom is 0.253 e. The summed E-state index contributed by atoms with van der Waals surface area (Å²) in [5, 5.41) is 12.4. The van der Waals surface area contributed by atoms with E-state index >= 15 is 0 Å². The molecule has 0 aliphatic carbocycles. The van der Waals surface area contributed by atoms with E-state index in [1.165, 1.54) is 13.2 Å². The summed E-state index contributed by atoms with van der Waals surface area (Å²) in [4.78, 5) is 12.0. The van der Waals surface area contributed by atoms with E-state index in [4.69, 9.17) is 33.0 Å². The lowest BCUT2D eigenvalue weighted by atomic mass is 10.1. The highest BCUT2D eigenvalue weighted by Crippen LogP contribution is 2.20. The van der Waals surface area contributed by atoms with Crippen LogP contribution in [0.15, 0.2) is 18.2 Å². The van der Waals surface area contributed by atoms with Crippen molar-refractivity contribution in [3.63, 3.8) is 0 Å². The fraction of sp³-hybridized carbons (Fsp3) is 0.417. The zero-order valence-corrected chi connectivity index (χ0v) is 11.5. The molecule has 4 nitrogen and oxygen atoms in total. The molecule has 100 valence electrons. The first-order valence-corrected chi connectivity index (χ1v) is 6.19. The minimum atomic E-state index is -0.335. The molecule has 1 unspecified atom stereocenters. The number of ether oxygens (including phenoxy) is 1. The van der Waals surface area contributed by atoms with Crippen molar-refractivity contribution in [1.29, 1.82) is 0 Å². The highest BCUT2D eigenvalue weighted by atomic mass is 35.5. The number of hydrogen-bond acceptors (Lipinski definition) is 3. The quantitative estimate of drug-likeness (QED) is 0.844. The molecule has 0 bridgehead atoms. The van der Waals surface area contributed by atoms with Crippen LogP contribution in [0.2, 0.25) is 10.0 Å². The zero-order chi connectivity index (χ0) is 13.5. The lowest BCUT2D eigenvalue weighted by molar-refractivity contribution is 0.0879. The van der Waals surface area contributed by atoms with Gasteiger partial charge in [-0.3, -0.25) is 4.79 Å². The summed E-state index contributed by atoms with van der Waals surface area (Å²) in [6.07, 6.45) is 0.414. The summed E-state index contributed by atoms with van der Waals surface area (Å²) in [5.41, 5.74) is 0.309. The summed E-state index contributed by atoms with van der Waals surface area (Å²) < 4.78 is 4.96. The van der Waals surface area contributed by atoms with E-state index in [-0.39, 0.29) is 18.6 Å². The van der Waals surface area contributed by atoms with Gasteiger partial charge in [-0.25, -0.2) is 0 Å². The molecule has 2 N–H and O–H groups in total. The summed E-state index contributed by atoms with van der Waals surface area (Å²) >= 11 is 11.7. The number of amides is 1. The van der Waals surface area contributed by atoms with Crippen LogP contribution in [0.3, 0.4) is 0 Å². The Labute approximate surface area is 116 Å². The van der Waals surface area contributed by atoms with Crippen molar-refractivity contribution >= 4 is 29.1 Å². The fourth-order valence-electron chi connectivity index (χ4n) is 1.49. The second kappa shape index (κ2) is 7.59. The standard InChI is InChI=1S/C12H15Cl2NO3/c1-18-7-9(4-5-16)15-12(17)10-6-8(13)2-3-11(10)14/h2-3,6,9,16H,4-5,7H2,1H3,(H,15,17). The molecule has 18 heavy (non-hydrogen) atoms. The minimum absolute atomic E-state index is 0.0302. The molecule has 1 rings (SSSR count). The van der Waals surface area contributed by atoms with Crippen LogP contribution in [0, 0.1) is 0 Å². The van der Waals surface area contributed by atoms with Gasteiger partial charge >= 0.3 is 0 Å². The van der Waals surface area contributed by atoms with Crippen molar-refractivity contribution < 1.29 is 14.6 Å². The third-order valence-electron chi connectivity index (χ3n) is 2.35. The monoisotopic (exact) mass is 291 g/mol. The Morgan fingerprint density at radius 2 is 2.22 bits per heavy atom. The number of aliphatic hydroxyl groups is 1. The van der Waals surface area contributed by atoms with Gasteiger partial charge < -0.3 is 15.2 Å². The number of hydrogen-bond donors (Lipinski definition) is 2. The second-order valence-corrected chi connectivity index (χ2v) is 4.61. The average Bonchev–Trinajstić information content (AvgIpc) is 2.33. The number of carbonyl (C=O) groups is 1. The van der Waals surface area contributed by atoms with Crippen LogP contribution in [-0.4, -0.2) is 37.4 Å². The van der Waals surface area contributed by atoms with Gasteiger partial charge in [-0.15, -0.1) is 0 Å². The predicted octanol–water partition coefficient (Wildman–Crippen LogP) is 2.12. The Balaban J connectivity index is 2.76. The number of aliphatic hydroxyl groups excluding tert-OH is 1. The fourth-order valence-corrected chi connectivity index (χ4v) is 1.86. The van der Waals surface area contributed by atoms with E-state index in [0.29, 0.717) is 28.6 Å². The maximum atomic E-state index is 12.0. The van der Waals surface area contributed by atoms with Crippen LogP contribution in [0.4, 0.5) is 0 Å². The van der Waals surface area contributed by atoms with Crippen LogP contribution in [0.25, 0.3) is 0 Å². The van der Waals surface area contributed by atoms with E-state index in [0.717, 1.165) is 0 Å². The van der Waals surface area contributed by atoms with Gasteiger partial charge in [-0.05, 0) is 24.6 Å². The Morgan fingerprint density at radius 1 is 1.50 bits per heavy atom. The Morgan fingerprint density at radius 3 is 2.83 bits per heavy atom. The molecule has 0 saturated carbocycles. The van der Waals surface area contributed by atoms with E-state index in [9.17, 15) is 4.79 Å². The number of halogens is 2. The highest BCUT2D eigenvalue weighted by Gasteiger charge is 2.16. The summed E-state index contributed by atoms with van der Waals surface area (Å²) in [7, 11) is 1.53. The molecule has 0 fully saturated rings. The van der Waals surface area contributed by atoms with Crippen molar-refractivity contribution in [3.05, 3.63) is 33.8 Å². The van der Waals surface area contributed by atoms with Crippen LogP contribution >= 0.6 is 23.2 Å². The van der Waals surface area contributed by atoms with Gasteiger partial charge in [0.05, 0.1) is 23.2 Å². The maximum absolute atomic E-state index is 12.0. The molecule has 0 radical (unpaired) electrons. The molecule has 6 heteroatoms. The molecule has 0 heterocycles. The molecule has 0 spiro atoms. The molecular formula is C12H15Cl2NO3. The number of carbonyl (C=O) groups excluding carboxylic acids is 1. The van der Waals surface area contributed by atoms with Crippen LogP contribution in [0.1, 0.15) is 16.8 Å². The largest absolute Gasteiger partial charge is 0.396 e. The van der Waals surface area contributed by atoms with Crippen molar-refractivity contribution in [2.45, 2.75) is 12.5 Å². The van der Waals surface area contributed by atoms with Crippen molar-refractivity contribution in [3.8, 4) is 0 Å². The first kappa shape index (κ1) is 15.2. The zero-order valence-electron chi connectivity index (χ0n) is 9.95. The third-order valence-corrected chi connectivity index (χ3v) is 2.92. The van der Waals surface area contributed by atoms with Crippen LogP contribution < -0.4 is 5.32 Å². The normalized spacial score (nSPS) is 12.2. The summed E-state index contributed by atoms with van der Waals surface area (Å²) in [6.45, 7) is 0.294. The molecule has 1 amide bonds. The molecule has 1 aromatic rings. The first-order chi connectivity index (χ1) is 8.58. The summed E-state index contributed by atoms with van der Waals surface area (Å²) in [5.74, 6) is -0.335. The molecule has 0 aliphatic rings. The van der Waals surface area contributed by atoms with Crippen molar-refractivity contribution in [2.24, 2.45) is 0 Å². The topological polar surface area (TPSA) is 58.6 Å². The number of benzene rings is 1. The predicted molar refractivity (Wildman–Crippen MR) is 71.3 cm³/mol. The molecule has 1 atom stereocenters. The van der Waals surface area contributed by atoms with Crippen molar-refractivity contribution in [2.75, 3.05) is 20.3 Å². The SMILES string of the molecule is COCC(CCO)NC(=O)c1cc(Cl)ccc1Cl. The van der Waals surface area contributed by atoms with E-state index < -0.39 is 0 Å².